The standard InChI is InChI=1S/C12H21N5O/c1-8-11(9(2)18-17-8)7-14-12(16-13)15-10-5-3-4-6-10/h10H,3-7,13H2,1-2H3,(H2,14,15,16). The Morgan fingerprint density at radius 1 is 1.44 bits per heavy atom. The zero-order valence-electron chi connectivity index (χ0n) is 11.0. The molecule has 0 saturated heterocycles. The number of hydrogen-bond donors (Lipinski definition) is 3. The number of aliphatic imine (C=N–C) groups is 1. The van der Waals surface area contributed by atoms with Crippen LogP contribution in [0.3, 0.4) is 0 Å². The van der Waals surface area contributed by atoms with E-state index in [0.29, 0.717) is 18.5 Å². The van der Waals surface area contributed by atoms with Gasteiger partial charge < -0.3 is 9.84 Å². The molecule has 6 heteroatoms. The molecule has 1 aliphatic carbocycles. The highest BCUT2D eigenvalue weighted by molar-refractivity contribution is 5.79. The first-order chi connectivity index (χ1) is 8.70. The lowest BCUT2D eigenvalue weighted by Gasteiger charge is -2.14. The Morgan fingerprint density at radius 2 is 2.17 bits per heavy atom. The van der Waals surface area contributed by atoms with Crippen LogP contribution in [0.1, 0.15) is 42.7 Å². The van der Waals surface area contributed by atoms with Crippen LogP contribution < -0.4 is 16.6 Å². The third-order valence-electron chi connectivity index (χ3n) is 3.41. The van der Waals surface area contributed by atoms with E-state index in [0.717, 1.165) is 17.0 Å². The van der Waals surface area contributed by atoms with Crippen LogP contribution in [0.5, 0.6) is 0 Å². The van der Waals surface area contributed by atoms with E-state index in [-0.39, 0.29) is 0 Å². The first kappa shape index (κ1) is 12.9. The monoisotopic (exact) mass is 251 g/mol. The SMILES string of the molecule is Cc1noc(C)c1CN=C(NN)NC1CCCC1. The van der Waals surface area contributed by atoms with Gasteiger partial charge >= 0.3 is 0 Å². The Morgan fingerprint density at radius 3 is 2.72 bits per heavy atom. The predicted octanol–water partition coefficient (Wildman–Crippen LogP) is 1.14. The van der Waals surface area contributed by atoms with Crippen LogP contribution in [-0.4, -0.2) is 17.2 Å². The Labute approximate surface area is 107 Å². The molecule has 0 bridgehead atoms. The molecule has 1 heterocycles. The van der Waals surface area contributed by atoms with Gasteiger partial charge in [-0.3, -0.25) is 5.43 Å². The summed E-state index contributed by atoms with van der Waals surface area (Å²) in [5.74, 6) is 6.94. The maximum absolute atomic E-state index is 5.48. The third-order valence-corrected chi connectivity index (χ3v) is 3.41. The molecule has 0 aliphatic heterocycles. The molecule has 1 saturated carbocycles. The van der Waals surface area contributed by atoms with Gasteiger partial charge in [0.15, 0.2) is 0 Å². The van der Waals surface area contributed by atoms with Crippen molar-refractivity contribution in [2.24, 2.45) is 10.8 Å². The second-order valence-electron chi connectivity index (χ2n) is 4.74. The largest absolute Gasteiger partial charge is 0.361 e. The molecule has 0 spiro atoms. The number of hydrazine groups is 1. The minimum absolute atomic E-state index is 0.490. The van der Waals surface area contributed by atoms with Gasteiger partial charge in [0.2, 0.25) is 5.96 Å². The van der Waals surface area contributed by atoms with Gasteiger partial charge in [0.05, 0.1) is 12.2 Å². The maximum atomic E-state index is 5.48. The molecule has 1 aromatic heterocycles. The fourth-order valence-corrected chi connectivity index (χ4v) is 2.28. The number of aryl methyl sites for hydroxylation is 2. The van der Waals surface area contributed by atoms with Gasteiger partial charge in [-0.15, -0.1) is 0 Å². The fourth-order valence-electron chi connectivity index (χ4n) is 2.28. The zero-order valence-corrected chi connectivity index (χ0v) is 11.0. The third kappa shape index (κ3) is 3.01. The number of nitrogens with two attached hydrogens (primary N) is 1. The topological polar surface area (TPSA) is 88.5 Å². The molecule has 18 heavy (non-hydrogen) atoms. The van der Waals surface area contributed by atoms with Crippen LogP contribution >= 0.6 is 0 Å². The quantitative estimate of drug-likeness (QED) is 0.324. The number of aromatic nitrogens is 1. The average Bonchev–Trinajstić information content (AvgIpc) is 2.97. The predicted molar refractivity (Wildman–Crippen MR) is 69.8 cm³/mol. The summed E-state index contributed by atoms with van der Waals surface area (Å²) in [5.41, 5.74) is 4.53. The summed E-state index contributed by atoms with van der Waals surface area (Å²) in [4.78, 5) is 4.44. The van der Waals surface area contributed by atoms with Gasteiger partial charge in [-0.05, 0) is 26.7 Å². The lowest BCUT2D eigenvalue weighted by atomic mass is 10.2. The summed E-state index contributed by atoms with van der Waals surface area (Å²) in [6, 6.07) is 0.490. The van der Waals surface area contributed by atoms with Crippen LogP contribution in [-0.2, 0) is 6.54 Å². The first-order valence-electron chi connectivity index (χ1n) is 6.40. The van der Waals surface area contributed by atoms with Crippen molar-refractivity contribution in [3.63, 3.8) is 0 Å². The van der Waals surface area contributed by atoms with E-state index in [1.165, 1.54) is 25.7 Å². The van der Waals surface area contributed by atoms with Crippen LogP contribution in [0.25, 0.3) is 0 Å². The highest BCUT2D eigenvalue weighted by atomic mass is 16.5. The van der Waals surface area contributed by atoms with E-state index < -0.39 is 0 Å². The minimum atomic E-state index is 0.490. The molecule has 1 aliphatic rings. The van der Waals surface area contributed by atoms with Crippen molar-refractivity contribution in [1.29, 1.82) is 0 Å². The van der Waals surface area contributed by atoms with Crippen molar-refractivity contribution >= 4 is 5.96 Å². The smallest absolute Gasteiger partial charge is 0.206 e. The highest BCUT2D eigenvalue weighted by Crippen LogP contribution is 2.17. The van der Waals surface area contributed by atoms with Crippen LogP contribution in [0.15, 0.2) is 9.52 Å². The van der Waals surface area contributed by atoms with Gasteiger partial charge in [0.1, 0.15) is 5.76 Å². The Balaban J connectivity index is 1.97. The van der Waals surface area contributed by atoms with Crippen LogP contribution in [0.4, 0.5) is 0 Å². The second-order valence-corrected chi connectivity index (χ2v) is 4.74. The van der Waals surface area contributed by atoms with Crippen molar-refractivity contribution in [1.82, 2.24) is 15.9 Å². The number of nitrogens with one attached hydrogen (secondary N) is 2. The summed E-state index contributed by atoms with van der Waals surface area (Å²) in [7, 11) is 0. The van der Waals surface area contributed by atoms with Gasteiger partial charge in [-0.1, -0.05) is 18.0 Å². The Bertz CT molecular complexity index is 401. The molecule has 0 atom stereocenters. The van der Waals surface area contributed by atoms with Crippen molar-refractivity contribution < 1.29 is 4.52 Å². The maximum Gasteiger partial charge on any atom is 0.206 e. The summed E-state index contributed by atoms with van der Waals surface area (Å²) in [6.07, 6.45) is 4.93. The van der Waals surface area contributed by atoms with E-state index in [4.69, 9.17) is 10.4 Å². The molecule has 2 rings (SSSR count). The molecule has 4 N–H and O–H groups in total. The van der Waals surface area contributed by atoms with Crippen molar-refractivity contribution in [3.8, 4) is 0 Å². The minimum Gasteiger partial charge on any atom is -0.361 e. The van der Waals surface area contributed by atoms with E-state index in [9.17, 15) is 0 Å². The van der Waals surface area contributed by atoms with Crippen LogP contribution in [0.2, 0.25) is 0 Å². The summed E-state index contributed by atoms with van der Waals surface area (Å²) in [5, 5.41) is 7.24. The molecule has 0 radical (unpaired) electrons. The summed E-state index contributed by atoms with van der Waals surface area (Å²) in [6.45, 7) is 4.34. The van der Waals surface area contributed by atoms with E-state index in [2.05, 4.69) is 20.9 Å². The highest BCUT2D eigenvalue weighted by Gasteiger charge is 2.16. The van der Waals surface area contributed by atoms with Crippen molar-refractivity contribution in [2.45, 2.75) is 52.1 Å². The molecule has 1 aromatic rings. The van der Waals surface area contributed by atoms with Crippen molar-refractivity contribution in [2.75, 3.05) is 0 Å². The molecule has 0 aromatic carbocycles. The average molecular weight is 251 g/mol. The number of hydrogen-bond acceptors (Lipinski definition) is 4. The molecular formula is C12H21N5O. The molecule has 0 amide bonds. The molecule has 1 fully saturated rings. The number of rotatable bonds is 3. The van der Waals surface area contributed by atoms with E-state index in [1.54, 1.807) is 0 Å². The Hall–Kier alpha value is -1.56. The molecular weight excluding hydrogens is 230 g/mol. The van der Waals surface area contributed by atoms with Gasteiger partial charge in [-0.2, -0.15) is 0 Å². The number of guanidine groups is 1. The van der Waals surface area contributed by atoms with Gasteiger partial charge in [0, 0.05) is 11.6 Å². The summed E-state index contributed by atoms with van der Waals surface area (Å²) >= 11 is 0. The molecule has 100 valence electrons. The van der Waals surface area contributed by atoms with Gasteiger partial charge in [-0.25, -0.2) is 10.8 Å². The second kappa shape index (κ2) is 5.86. The molecule has 0 unspecified atom stereocenters. The summed E-state index contributed by atoms with van der Waals surface area (Å²) < 4.78 is 5.10. The fraction of sp³-hybridized carbons (Fsp3) is 0.667. The lowest BCUT2D eigenvalue weighted by molar-refractivity contribution is 0.392. The normalized spacial score (nSPS) is 17.2. The Kier molecular flexibility index (Phi) is 4.19. The zero-order chi connectivity index (χ0) is 13.0. The van der Waals surface area contributed by atoms with E-state index in [1.807, 2.05) is 13.8 Å². The van der Waals surface area contributed by atoms with Gasteiger partial charge in [0.25, 0.3) is 0 Å². The first-order valence-corrected chi connectivity index (χ1v) is 6.40. The lowest BCUT2D eigenvalue weighted by Crippen LogP contribution is -2.45. The van der Waals surface area contributed by atoms with E-state index >= 15 is 0 Å². The molecule has 6 nitrogen and oxygen atoms in total. The van der Waals surface area contributed by atoms with Crippen molar-refractivity contribution in [3.05, 3.63) is 17.0 Å². The van der Waals surface area contributed by atoms with Crippen LogP contribution in [0, 0.1) is 13.8 Å². The number of nitrogens with zero attached hydrogens (tertiary/aromatic N) is 2.